The van der Waals surface area contributed by atoms with Gasteiger partial charge < -0.3 is 0 Å². The molecule has 2 nitrogen and oxygen atoms in total. The second-order valence-electron chi connectivity index (χ2n) is 4.82. The maximum Gasteiger partial charge on any atom is 0.138 e. The molecule has 0 spiro atoms. The third kappa shape index (κ3) is 4.32. The van der Waals surface area contributed by atoms with Gasteiger partial charge in [-0.1, -0.05) is 36.4 Å². The van der Waals surface area contributed by atoms with Gasteiger partial charge in [0.05, 0.1) is 5.69 Å². The van der Waals surface area contributed by atoms with E-state index < -0.39 is 0 Å². The fourth-order valence-corrected chi connectivity index (χ4v) is 2.11. The largest absolute Gasteiger partial charge is 0.299 e. The van der Waals surface area contributed by atoms with E-state index in [1.165, 1.54) is 5.56 Å². The Labute approximate surface area is 114 Å². The number of hydrogen-bond acceptors (Lipinski definition) is 2. The Balaban J connectivity index is 1.78. The van der Waals surface area contributed by atoms with Gasteiger partial charge in [0.15, 0.2) is 0 Å². The quantitative estimate of drug-likeness (QED) is 0.788. The zero-order valence-corrected chi connectivity index (χ0v) is 11.3. The van der Waals surface area contributed by atoms with Gasteiger partial charge in [0, 0.05) is 19.0 Å². The molecular weight excluding hydrogens is 234 g/mol. The lowest BCUT2D eigenvalue weighted by Gasteiger charge is -2.04. The molecule has 1 heterocycles. The summed E-state index contributed by atoms with van der Waals surface area (Å²) in [6.45, 7) is 2.00. The van der Waals surface area contributed by atoms with Crippen LogP contribution in [0.15, 0.2) is 48.7 Å². The van der Waals surface area contributed by atoms with Crippen LogP contribution >= 0.6 is 0 Å². The summed E-state index contributed by atoms with van der Waals surface area (Å²) in [4.78, 5) is 16.2. The Morgan fingerprint density at radius 2 is 1.89 bits per heavy atom. The highest BCUT2D eigenvalue weighted by Crippen LogP contribution is 2.09. The van der Waals surface area contributed by atoms with Crippen molar-refractivity contribution in [3.05, 3.63) is 65.5 Å². The third-order valence-corrected chi connectivity index (χ3v) is 3.25. The molecule has 0 fully saturated rings. The average Bonchev–Trinajstić information content (AvgIpc) is 2.43. The highest BCUT2D eigenvalue weighted by atomic mass is 16.1. The van der Waals surface area contributed by atoms with Crippen LogP contribution in [0.3, 0.4) is 0 Å². The first kappa shape index (κ1) is 13.5. The molecule has 0 N–H and O–H groups in total. The van der Waals surface area contributed by atoms with Crippen LogP contribution in [0.1, 0.15) is 29.7 Å². The van der Waals surface area contributed by atoms with Crippen molar-refractivity contribution in [3.63, 3.8) is 0 Å². The summed E-state index contributed by atoms with van der Waals surface area (Å²) >= 11 is 0. The van der Waals surface area contributed by atoms with Crippen molar-refractivity contribution in [3.8, 4) is 0 Å². The zero-order valence-electron chi connectivity index (χ0n) is 11.3. The number of rotatable bonds is 6. The summed E-state index contributed by atoms with van der Waals surface area (Å²) in [5, 5.41) is 0. The van der Waals surface area contributed by atoms with Crippen molar-refractivity contribution in [1.82, 2.24) is 4.98 Å². The predicted molar refractivity (Wildman–Crippen MR) is 77.1 cm³/mol. The normalized spacial score (nSPS) is 10.4. The molecule has 0 aliphatic heterocycles. The van der Waals surface area contributed by atoms with Crippen molar-refractivity contribution < 1.29 is 4.79 Å². The fourth-order valence-electron chi connectivity index (χ4n) is 2.11. The Bertz CT molecular complexity index is 534. The number of carbonyl (C=O) groups is 1. The van der Waals surface area contributed by atoms with Crippen LogP contribution in [0.4, 0.5) is 0 Å². The Hall–Kier alpha value is -1.96. The molecule has 2 aromatic rings. The molecule has 0 atom stereocenters. The molecule has 0 aliphatic rings. The van der Waals surface area contributed by atoms with E-state index in [0.717, 1.165) is 24.1 Å². The number of hydrogen-bond donors (Lipinski definition) is 0. The molecule has 2 heteroatoms. The van der Waals surface area contributed by atoms with Gasteiger partial charge in [0.25, 0.3) is 0 Å². The summed E-state index contributed by atoms with van der Waals surface area (Å²) in [5.74, 6) is 0.276. The van der Waals surface area contributed by atoms with Crippen LogP contribution in [0.5, 0.6) is 0 Å². The van der Waals surface area contributed by atoms with E-state index in [9.17, 15) is 4.79 Å². The second kappa shape index (κ2) is 6.83. The third-order valence-electron chi connectivity index (χ3n) is 3.25. The van der Waals surface area contributed by atoms with Gasteiger partial charge in [-0.15, -0.1) is 0 Å². The van der Waals surface area contributed by atoms with E-state index in [0.29, 0.717) is 12.8 Å². The average molecular weight is 253 g/mol. The summed E-state index contributed by atoms with van der Waals surface area (Å²) in [6, 6.07) is 14.2. The number of carbonyl (C=O) groups excluding carboxylic acids is 1. The predicted octanol–water partition coefficient (Wildman–Crippen LogP) is 3.52. The molecule has 0 aliphatic carbocycles. The van der Waals surface area contributed by atoms with Gasteiger partial charge in [-0.05, 0) is 37.0 Å². The van der Waals surface area contributed by atoms with E-state index in [4.69, 9.17) is 0 Å². The Kier molecular flexibility index (Phi) is 4.85. The van der Waals surface area contributed by atoms with Crippen LogP contribution in [0, 0.1) is 6.92 Å². The molecule has 98 valence electrons. The molecule has 0 bridgehead atoms. The Morgan fingerprint density at radius 1 is 1.11 bits per heavy atom. The van der Waals surface area contributed by atoms with Gasteiger partial charge in [-0.3, -0.25) is 9.78 Å². The molecule has 2 rings (SSSR count). The molecule has 0 radical (unpaired) electrons. The van der Waals surface area contributed by atoms with Crippen LogP contribution < -0.4 is 0 Å². The minimum absolute atomic E-state index is 0.276. The molecule has 0 amide bonds. The topological polar surface area (TPSA) is 30.0 Å². The van der Waals surface area contributed by atoms with Crippen LogP contribution in [-0.4, -0.2) is 10.8 Å². The number of aromatic nitrogens is 1. The monoisotopic (exact) mass is 253 g/mol. The van der Waals surface area contributed by atoms with Crippen LogP contribution in [0.2, 0.25) is 0 Å². The minimum atomic E-state index is 0.276. The van der Waals surface area contributed by atoms with Crippen molar-refractivity contribution in [2.75, 3.05) is 0 Å². The molecule has 1 aromatic heterocycles. The molecule has 19 heavy (non-hydrogen) atoms. The first-order valence-electron chi connectivity index (χ1n) is 6.72. The number of nitrogens with zero attached hydrogens (tertiary/aromatic N) is 1. The number of pyridine rings is 1. The summed E-state index contributed by atoms with van der Waals surface area (Å²) in [5.41, 5.74) is 3.30. The van der Waals surface area contributed by atoms with Gasteiger partial charge in [-0.2, -0.15) is 0 Å². The maximum atomic E-state index is 11.9. The van der Waals surface area contributed by atoms with Crippen molar-refractivity contribution >= 4 is 5.78 Å². The number of Topliss-reactive ketones (excluding diaryl/α,β-unsaturated/α-hetero) is 1. The van der Waals surface area contributed by atoms with E-state index in [-0.39, 0.29) is 5.78 Å². The number of benzene rings is 1. The van der Waals surface area contributed by atoms with Crippen molar-refractivity contribution in [2.45, 2.75) is 32.6 Å². The highest BCUT2D eigenvalue weighted by molar-refractivity contribution is 5.80. The van der Waals surface area contributed by atoms with E-state index in [1.807, 2.05) is 37.3 Å². The van der Waals surface area contributed by atoms with Gasteiger partial charge in [0.1, 0.15) is 5.78 Å². The van der Waals surface area contributed by atoms with E-state index >= 15 is 0 Å². The highest BCUT2D eigenvalue weighted by Gasteiger charge is 2.06. The standard InChI is InChI=1S/C17H19NO/c1-14-7-6-12-18-17(14)13-16(19)11-5-10-15-8-3-2-4-9-15/h2-4,6-9,12H,5,10-11,13H2,1H3. The molecule has 1 aromatic carbocycles. The summed E-state index contributed by atoms with van der Waals surface area (Å²) in [6.07, 6.45) is 4.72. The van der Waals surface area contributed by atoms with Gasteiger partial charge >= 0.3 is 0 Å². The van der Waals surface area contributed by atoms with Crippen molar-refractivity contribution in [1.29, 1.82) is 0 Å². The summed E-state index contributed by atoms with van der Waals surface area (Å²) in [7, 11) is 0. The van der Waals surface area contributed by atoms with Gasteiger partial charge in [0.2, 0.25) is 0 Å². The maximum absolute atomic E-state index is 11.9. The lowest BCUT2D eigenvalue weighted by atomic mass is 10.0. The van der Waals surface area contributed by atoms with E-state index in [2.05, 4.69) is 17.1 Å². The summed E-state index contributed by atoms with van der Waals surface area (Å²) < 4.78 is 0. The molecule has 0 saturated carbocycles. The zero-order chi connectivity index (χ0) is 13.5. The van der Waals surface area contributed by atoms with Gasteiger partial charge in [-0.25, -0.2) is 0 Å². The number of ketones is 1. The van der Waals surface area contributed by atoms with E-state index in [1.54, 1.807) is 6.20 Å². The van der Waals surface area contributed by atoms with Crippen LogP contribution in [-0.2, 0) is 17.6 Å². The molecule has 0 saturated heterocycles. The lowest BCUT2D eigenvalue weighted by molar-refractivity contribution is -0.118. The fraction of sp³-hybridized carbons (Fsp3) is 0.294. The first-order valence-corrected chi connectivity index (χ1v) is 6.72. The second-order valence-corrected chi connectivity index (χ2v) is 4.82. The lowest BCUT2D eigenvalue weighted by Crippen LogP contribution is -2.06. The first-order chi connectivity index (χ1) is 9.25. The van der Waals surface area contributed by atoms with Crippen molar-refractivity contribution in [2.24, 2.45) is 0 Å². The minimum Gasteiger partial charge on any atom is -0.299 e. The molecule has 0 unspecified atom stereocenters. The number of aryl methyl sites for hydroxylation is 2. The molecular formula is C17H19NO. The van der Waals surface area contributed by atoms with Crippen LogP contribution in [0.25, 0.3) is 0 Å². The smallest absolute Gasteiger partial charge is 0.138 e. The Morgan fingerprint density at radius 3 is 2.63 bits per heavy atom. The SMILES string of the molecule is Cc1cccnc1CC(=O)CCCc1ccccc1.